The first-order valence-electron chi connectivity index (χ1n) is 6.06. The molecule has 2 rings (SSSR count). The smallest absolute Gasteiger partial charge is 0.137 e. The molecule has 2 nitrogen and oxygen atoms in total. The third-order valence-corrected chi connectivity index (χ3v) is 5.36. The molecule has 1 aliphatic rings. The van der Waals surface area contributed by atoms with Crippen LogP contribution in [0.25, 0.3) is 0 Å². The molecule has 18 heavy (non-hydrogen) atoms. The van der Waals surface area contributed by atoms with Gasteiger partial charge in [0.15, 0.2) is 0 Å². The van der Waals surface area contributed by atoms with Gasteiger partial charge in [-0.25, -0.2) is 4.39 Å². The third-order valence-electron chi connectivity index (χ3n) is 3.42. The lowest BCUT2D eigenvalue weighted by Gasteiger charge is -2.36. The molecule has 1 fully saturated rings. The Labute approximate surface area is 120 Å². The van der Waals surface area contributed by atoms with E-state index < -0.39 is 0 Å². The Kier molecular flexibility index (Phi) is 5.06. The molecule has 2 atom stereocenters. The molecule has 0 aromatic heterocycles. The molecule has 0 saturated carbocycles. The van der Waals surface area contributed by atoms with Crippen LogP contribution >= 0.6 is 27.7 Å². The number of nitrogens with two attached hydrogens (primary N) is 1. The Morgan fingerprint density at radius 2 is 2.39 bits per heavy atom. The predicted octanol–water partition coefficient (Wildman–Crippen LogP) is 2.51. The molecule has 0 spiro atoms. The number of thioether (sulfide) groups is 1. The van der Waals surface area contributed by atoms with E-state index in [1.54, 1.807) is 6.07 Å². The minimum atomic E-state index is -0.217. The highest BCUT2D eigenvalue weighted by Crippen LogP contribution is 2.24. The third kappa shape index (κ3) is 3.26. The molecule has 1 aliphatic heterocycles. The fourth-order valence-corrected chi connectivity index (χ4v) is 4.01. The summed E-state index contributed by atoms with van der Waals surface area (Å²) in [5, 5.41) is 0. The van der Waals surface area contributed by atoms with Crippen molar-refractivity contribution in [3.05, 3.63) is 34.1 Å². The number of rotatable bonds is 3. The van der Waals surface area contributed by atoms with E-state index in [4.69, 9.17) is 5.73 Å². The van der Waals surface area contributed by atoms with E-state index in [-0.39, 0.29) is 11.9 Å². The maximum atomic E-state index is 13.4. The Morgan fingerprint density at radius 1 is 1.61 bits per heavy atom. The molecule has 1 saturated heterocycles. The molecule has 5 heteroatoms. The molecular weight excluding hydrogens is 315 g/mol. The molecular formula is C13H18BrFN2S. The molecule has 1 aromatic rings. The topological polar surface area (TPSA) is 29.3 Å². The quantitative estimate of drug-likeness (QED) is 0.922. The molecule has 0 bridgehead atoms. The largest absolute Gasteiger partial charge is 0.326 e. The van der Waals surface area contributed by atoms with Crippen LogP contribution < -0.4 is 5.73 Å². The van der Waals surface area contributed by atoms with Crippen LogP contribution in [0.2, 0.25) is 0 Å². The summed E-state index contributed by atoms with van der Waals surface area (Å²) < 4.78 is 14.0. The zero-order valence-corrected chi connectivity index (χ0v) is 12.8. The van der Waals surface area contributed by atoms with Crippen LogP contribution in [0.15, 0.2) is 22.7 Å². The van der Waals surface area contributed by atoms with Gasteiger partial charge in [0.1, 0.15) is 5.82 Å². The lowest BCUT2D eigenvalue weighted by molar-refractivity contribution is 0.235. The van der Waals surface area contributed by atoms with Gasteiger partial charge in [0, 0.05) is 30.1 Å². The first-order chi connectivity index (χ1) is 8.59. The van der Waals surface area contributed by atoms with Crippen molar-refractivity contribution in [3.63, 3.8) is 0 Å². The lowest BCUT2D eigenvalue weighted by atomic mass is 10.00. The van der Waals surface area contributed by atoms with E-state index in [9.17, 15) is 4.39 Å². The van der Waals surface area contributed by atoms with Crippen molar-refractivity contribution in [3.8, 4) is 0 Å². The first-order valence-corrected chi connectivity index (χ1v) is 8.01. The van der Waals surface area contributed by atoms with Crippen molar-refractivity contribution in [1.82, 2.24) is 4.90 Å². The summed E-state index contributed by atoms with van der Waals surface area (Å²) in [5.74, 6) is 2.01. The number of likely N-dealkylation sites (N-methyl/N-ethyl adjacent to an activating group) is 1. The number of hydrogen-bond acceptors (Lipinski definition) is 3. The van der Waals surface area contributed by atoms with Crippen molar-refractivity contribution in [1.29, 1.82) is 0 Å². The molecule has 2 unspecified atom stereocenters. The van der Waals surface area contributed by atoms with Gasteiger partial charge in [-0.1, -0.05) is 12.1 Å². The summed E-state index contributed by atoms with van der Waals surface area (Å²) in [6.45, 7) is 1.08. The summed E-state index contributed by atoms with van der Waals surface area (Å²) in [7, 11) is 2.12. The monoisotopic (exact) mass is 332 g/mol. The Morgan fingerprint density at radius 3 is 3.11 bits per heavy atom. The van der Waals surface area contributed by atoms with E-state index in [2.05, 4.69) is 27.9 Å². The van der Waals surface area contributed by atoms with Gasteiger partial charge in [-0.2, -0.15) is 11.8 Å². The van der Waals surface area contributed by atoms with Crippen LogP contribution in [-0.4, -0.2) is 42.1 Å². The predicted molar refractivity (Wildman–Crippen MR) is 79.5 cm³/mol. The van der Waals surface area contributed by atoms with Crippen LogP contribution in [0.4, 0.5) is 4.39 Å². The summed E-state index contributed by atoms with van der Waals surface area (Å²) in [5.41, 5.74) is 7.24. The van der Waals surface area contributed by atoms with Gasteiger partial charge in [-0.3, -0.25) is 0 Å². The van der Waals surface area contributed by atoms with Gasteiger partial charge in [0.05, 0.1) is 4.47 Å². The van der Waals surface area contributed by atoms with Gasteiger partial charge in [0.25, 0.3) is 0 Å². The van der Waals surface area contributed by atoms with Gasteiger partial charge in [0.2, 0.25) is 0 Å². The van der Waals surface area contributed by atoms with Crippen LogP contribution in [0.1, 0.15) is 5.56 Å². The molecule has 1 aromatic carbocycles. The van der Waals surface area contributed by atoms with Crippen molar-refractivity contribution < 1.29 is 4.39 Å². The number of benzene rings is 1. The zero-order valence-electron chi connectivity index (χ0n) is 10.4. The normalized spacial score (nSPS) is 23.0. The second-order valence-corrected chi connectivity index (χ2v) is 6.65. The van der Waals surface area contributed by atoms with Crippen LogP contribution in [0, 0.1) is 5.82 Å². The summed E-state index contributed by atoms with van der Waals surface area (Å²) >= 11 is 5.24. The molecule has 0 aliphatic carbocycles. The van der Waals surface area contributed by atoms with E-state index in [1.165, 1.54) is 11.8 Å². The second kappa shape index (κ2) is 6.37. The molecule has 1 heterocycles. The van der Waals surface area contributed by atoms with Crippen molar-refractivity contribution >= 4 is 27.7 Å². The van der Waals surface area contributed by atoms with E-state index in [0.717, 1.165) is 17.9 Å². The zero-order chi connectivity index (χ0) is 13.1. The maximum Gasteiger partial charge on any atom is 0.137 e. The molecule has 100 valence electrons. The Hall–Kier alpha value is -0.100. The van der Waals surface area contributed by atoms with Crippen molar-refractivity contribution in [2.75, 3.05) is 25.1 Å². The minimum absolute atomic E-state index is 0.0425. The van der Waals surface area contributed by atoms with E-state index in [0.29, 0.717) is 16.9 Å². The van der Waals surface area contributed by atoms with Gasteiger partial charge < -0.3 is 10.6 Å². The van der Waals surface area contributed by atoms with E-state index >= 15 is 0 Å². The highest BCUT2D eigenvalue weighted by molar-refractivity contribution is 9.10. The Balaban J connectivity index is 2.06. The van der Waals surface area contributed by atoms with Gasteiger partial charge >= 0.3 is 0 Å². The highest BCUT2D eigenvalue weighted by atomic mass is 79.9. The fourth-order valence-electron chi connectivity index (χ4n) is 2.25. The average molecular weight is 333 g/mol. The standard InChI is InChI=1S/C13H18BrFN2S/c1-17-5-6-18-8-12(17)11(16)7-9-3-2-4-10(15)13(9)14/h2-4,11-12H,5-8,16H2,1H3. The maximum absolute atomic E-state index is 13.4. The number of nitrogens with zero attached hydrogens (tertiary/aromatic N) is 1. The average Bonchev–Trinajstić information content (AvgIpc) is 2.35. The summed E-state index contributed by atoms with van der Waals surface area (Å²) in [6, 6.07) is 5.55. The van der Waals surface area contributed by atoms with Crippen molar-refractivity contribution in [2.45, 2.75) is 18.5 Å². The summed E-state index contributed by atoms with van der Waals surface area (Å²) in [6.07, 6.45) is 0.702. The van der Waals surface area contributed by atoms with Crippen molar-refractivity contribution in [2.24, 2.45) is 5.73 Å². The van der Waals surface area contributed by atoms with Crippen LogP contribution in [0.3, 0.4) is 0 Å². The SMILES string of the molecule is CN1CCSCC1C(N)Cc1cccc(F)c1Br. The fraction of sp³-hybridized carbons (Fsp3) is 0.538. The molecule has 0 radical (unpaired) electrons. The van der Waals surface area contributed by atoms with E-state index in [1.807, 2.05) is 17.8 Å². The highest BCUT2D eigenvalue weighted by Gasteiger charge is 2.26. The summed E-state index contributed by atoms with van der Waals surface area (Å²) in [4.78, 5) is 2.31. The number of hydrogen-bond donors (Lipinski definition) is 1. The second-order valence-electron chi connectivity index (χ2n) is 4.70. The Bertz CT molecular complexity index is 416. The van der Waals surface area contributed by atoms with Gasteiger partial charge in [-0.05, 0) is 41.0 Å². The van der Waals surface area contributed by atoms with Crippen LogP contribution in [0.5, 0.6) is 0 Å². The minimum Gasteiger partial charge on any atom is -0.326 e. The molecule has 2 N–H and O–H groups in total. The number of halogens is 2. The lowest BCUT2D eigenvalue weighted by Crippen LogP contribution is -2.51. The van der Waals surface area contributed by atoms with Crippen LogP contribution in [-0.2, 0) is 6.42 Å². The van der Waals surface area contributed by atoms with Gasteiger partial charge in [-0.15, -0.1) is 0 Å². The molecule has 0 amide bonds. The first kappa shape index (κ1) is 14.3.